The zero-order valence-corrected chi connectivity index (χ0v) is 24.1. The lowest BCUT2D eigenvalue weighted by molar-refractivity contribution is -0.384. The Bertz CT molecular complexity index is 1280. The average Bonchev–Trinajstić information content (AvgIpc) is 2.92. The summed E-state index contributed by atoms with van der Waals surface area (Å²) in [6.45, 7) is 4.06. The molecule has 0 aliphatic rings. The topological polar surface area (TPSA) is 92.6 Å². The van der Waals surface area contributed by atoms with Gasteiger partial charge in [0.2, 0.25) is 11.8 Å². The molecule has 0 radical (unpaired) electrons. The number of carbonyl (C=O) groups is 2. The lowest BCUT2D eigenvalue weighted by atomic mass is 10.0. The van der Waals surface area contributed by atoms with E-state index in [2.05, 4.69) is 5.32 Å². The van der Waals surface area contributed by atoms with E-state index in [1.165, 1.54) is 23.9 Å². The van der Waals surface area contributed by atoms with Gasteiger partial charge in [-0.25, -0.2) is 0 Å². The summed E-state index contributed by atoms with van der Waals surface area (Å²) in [6.07, 6.45) is 1.10. The number of amides is 2. The molecule has 206 valence electrons. The van der Waals surface area contributed by atoms with Crippen molar-refractivity contribution in [2.24, 2.45) is 0 Å². The Morgan fingerprint density at radius 1 is 1.03 bits per heavy atom. The standard InChI is InChI=1S/C29H31Cl2N3O4S/c1-3-20(2)32-29(36)27(15-21-7-5-4-6-8-21)33(17-23-11-12-24(30)16-26(23)31)28(35)19-39-18-22-9-13-25(14-10-22)34(37)38/h4-14,16,20,27H,3,15,17-19H2,1-2H3,(H,32,36)/t20-,27-/m1/s1. The molecular formula is C29H31Cl2N3O4S. The molecule has 0 bridgehead atoms. The molecule has 2 amide bonds. The van der Waals surface area contributed by atoms with E-state index in [9.17, 15) is 19.7 Å². The highest BCUT2D eigenvalue weighted by molar-refractivity contribution is 7.99. The maximum atomic E-state index is 13.7. The molecule has 39 heavy (non-hydrogen) atoms. The molecule has 0 heterocycles. The minimum atomic E-state index is -0.763. The van der Waals surface area contributed by atoms with E-state index < -0.39 is 11.0 Å². The Morgan fingerprint density at radius 3 is 2.33 bits per heavy atom. The summed E-state index contributed by atoms with van der Waals surface area (Å²) >= 11 is 13.9. The van der Waals surface area contributed by atoms with Crippen molar-refractivity contribution in [3.63, 3.8) is 0 Å². The van der Waals surface area contributed by atoms with Crippen LogP contribution in [0.5, 0.6) is 0 Å². The van der Waals surface area contributed by atoms with Crippen LogP contribution in [-0.2, 0) is 28.3 Å². The van der Waals surface area contributed by atoms with E-state index in [0.29, 0.717) is 27.8 Å². The molecular weight excluding hydrogens is 557 g/mol. The van der Waals surface area contributed by atoms with Crippen molar-refractivity contribution in [1.82, 2.24) is 10.2 Å². The van der Waals surface area contributed by atoms with Gasteiger partial charge in [-0.15, -0.1) is 11.8 Å². The molecule has 10 heteroatoms. The third-order valence-corrected chi connectivity index (χ3v) is 7.84. The van der Waals surface area contributed by atoms with Gasteiger partial charge in [-0.3, -0.25) is 19.7 Å². The van der Waals surface area contributed by atoms with Crippen LogP contribution in [0, 0.1) is 10.1 Å². The predicted molar refractivity (Wildman–Crippen MR) is 158 cm³/mol. The third kappa shape index (κ3) is 9.27. The number of nitrogens with one attached hydrogen (secondary N) is 1. The molecule has 3 aromatic carbocycles. The van der Waals surface area contributed by atoms with Crippen LogP contribution in [0.3, 0.4) is 0 Å². The molecule has 3 aromatic rings. The van der Waals surface area contributed by atoms with Crippen LogP contribution in [-0.4, -0.2) is 39.5 Å². The van der Waals surface area contributed by atoms with Crippen LogP contribution in [0.1, 0.15) is 37.0 Å². The fourth-order valence-electron chi connectivity index (χ4n) is 3.88. The van der Waals surface area contributed by atoms with E-state index in [4.69, 9.17) is 23.2 Å². The van der Waals surface area contributed by atoms with Crippen LogP contribution >= 0.6 is 35.0 Å². The highest BCUT2D eigenvalue weighted by Gasteiger charge is 2.31. The number of halogens is 2. The molecule has 0 aliphatic carbocycles. The summed E-state index contributed by atoms with van der Waals surface area (Å²) in [4.78, 5) is 39.3. The van der Waals surface area contributed by atoms with E-state index >= 15 is 0 Å². The number of nitro benzene ring substituents is 1. The van der Waals surface area contributed by atoms with Crippen molar-refractivity contribution in [1.29, 1.82) is 0 Å². The quantitative estimate of drug-likeness (QED) is 0.177. The monoisotopic (exact) mass is 587 g/mol. The highest BCUT2D eigenvalue weighted by Crippen LogP contribution is 2.25. The van der Waals surface area contributed by atoms with Crippen LogP contribution in [0.4, 0.5) is 5.69 Å². The van der Waals surface area contributed by atoms with Gasteiger partial charge in [0.1, 0.15) is 6.04 Å². The van der Waals surface area contributed by atoms with Crippen LogP contribution in [0.25, 0.3) is 0 Å². The van der Waals surface area contributed by atoms with Crippen molar-refractivity contribution >= 4 is 52.5 Å². The number of nitro groups is 1. The summed E-state index contributed by atoms with van der Waals surface area (Å²) in [6, 6.07) is 20.1. The maximum Gasteiger partial charge on any atom is 0.269 e. The fourth-order valence-corrected chi connectivity index (χ4v) is 5.22. The lowest BCUT2D eigenvalue weighted by Gasteiger charge is -2.32. The van der Waals surface area contributed by atoms with Crippen LogP contribution < -0.4 is 5.32 Å². The van der Waals surface area contributed by atoms with Gasteiger partial charge < -0.3 is 10.2 Å². The molecule has 3 rings (SSSR count). The predicted octanol–water partition coefficient (Wildman–Crippen LogP) is 6.69. The normalized spacial score (nSPS) is 12.4. The number of hydrogen-bond acceptors (Lipinski definition) is 5. The second-order valence-corrected chi connectivity index (χ2v) is 11.0. The van der Waals surface area contributed by atoms with Crippen LogP contribution in [0.15, 0.2) is 72.8 Å². The third-order valence-electron chi connectivity index (χ3n) is 6.27. The Kier molecular flexibility index (Phi) is 11.7. The molecule has 2 atom stereocenters. The molecule has 0 fully saturated rings. The highest BCUT2D eigenvalue weighted by atomic mass is 35.5. The van der Waals surface area contributed by atoms with Gasteiger partial charge in [-0.1, -0.05) is 78.7 Å². The molecule has 7 nitrogen and oxygen atoms in total. The first-order valence-corrected chi connectivity index (χ1v) is 14.5. The van der Waals surface area contributed by atoms with Gasteiger partial charge in [0.15, 0.2) is 0 Å². The number of non-ortho nitro benzene ring substituents is 1. The second kappa shape index (κ2) is 14.9. The Balaban J connectivity index is 1.86. The first kappa shape index (κ1) is 30.5. The number of rotatable bonds is 13. The molecule has 0 spiro atoms. The van der Waals surface area contributed by atoms with Crippen molar-refractivity contribution in [2.45, 2.75) is 51.1 Å². The van der Waals surface area contributed by atoms with E-state index in [1.807, 2.05) is 44.2 Å². The molecule has 0 saturated carbocycles. The fraction of sp³-hybridized carbons (Fsp3) is 0.310. The summed E-state index contributed by atoms with van der Waals surface area (Å²) in [7, 11) is 0. The Labute approximate surface area is 243 Å². The molecule has 0 saturated heterocycles. The van der Waals surface area contributed by atoms with Gasteiger partial charge in [0.25, 0.3) is 5.69 Å². The first-order valence-electron chi connectivity index (χ1n) is 12.6. The van der Waals surface area contributed by atoms with Crippen LogP contribution in [0.2, 0.25) is 10.0 Å². The average molecular weight is 589 g/mol. The van der Waals surface area contributed by atoms with Crippen molar-refractivity contribution in [3.05, 3.63) is 110 Å². The number of nitrogens with zero attached hydrogens (tertiary/aromatic N) is 2. The number of benzene rings is 3. The number of thioether (sulfide) groups is 1. The van der Waals surface area contributed by atoms with E-state index in [-0.39, 0.29) is 35.8 Å². The van der Waals surface area contributed by atoms with Gasteiger partial charge in [0.05, 0.1) is 10.7 Å². The van der Waals surface area contributed by atoms with Crippen molar-refractivity contribution in [2.75, 3.05) is 5.75 Å². The number of hydrogen-bond donors (Lipinski definition) is 1. The summed E-state index contributed by atoms with van der Waals surface area (Å²) < 4.78 is 0. The molecule has 0 unspecified atom stereocenters. The first-order chi connectivity index (χ1) is 18.7. The number of carbonyl (C=O) groups excluding carboxylic acids is 2. The van der Waals surface area contributed by atoms with Gasteiger partial charge in [-0.05, 0) is 42.2 Å². The van der Waals surface area contributed by atoms with Gasteiger partial charge in [0, 0.05) is 46.9 Å². The summed E-state index contributed by atoms with van der Waals surface area (Å²) in [5.74, 6) is 0.159. The second-order valence-electron chi connectivity index (χ2n) is 9.20. The SMILES string of the molecule is CC[C@@H](C)NC(=O)[C@@H](Cc1ccccc1)N(Cc1ccc(Cl)cc1Cl)C(=O)CSCc1ccc([N+](=O)[O-])cc1. The smallest absolute Gasteiger partial charge is 0.269 e. The minimum absolute atomic E-state index is 0.0157. The van der Waals surface area contributed by atoms with Gasteiger partial charge in [-0.2, -0.15) is 0 Å². The lowest BCUT2D eigenvalue weighted by Crippen LogP contribution is -2.52. The molecule has 0 aromatic heterocycles. The zero-order chi connectivity index (χ0) is 28.4. The Hall–Kier alpha value is -3.07. The summed E-state index contributed by atoms with van der Waals surface area (Å²) in [5, 5.41) is 14.9. The largest absolute Gasteiger partial charge is 0.352 e. The summed E-state index contributed by atoms with van der Waals surface area (Å²) in [5.41, 5.74) is 2.49. The minimum Gasteiger partial charge on any atom is -0.352 e. The van der Waals surface area contributed by atoms with Crippen molar-refractivity contribution in [3.8, 4) is 0 Å². The maximum absolute atomic E-state index is 13.7. The molecule has 1 N–H and O–H groups in total. The zero-order valence-electron chi connectivity index (χ0n) is 21.8. The van der Waals surface area contributed by atoms with E-state index in [0.717, 1.165) is 17.5 Å². The molecule has 0 aliphatic heterocycles. The van der Waals surface area contributed by atoms with E-state index in [1.54, 1.807) is 35.2 Å². The van der Waals surface area contributed by atoms with Gasteiger partial charge >= 0.3 is 0 Å². The Morgan fingerprint density at radius 2 is 1.72 bits per heavy atom. The van der Waals surface area contributed by atoms with Crippen molar-refractivity contribution < 1.29 is 14.5 Å².